The second-order valence-corrected chi connectivity index (χ2v) is 15.9. The first-order valence-corrected chi connectivity index (χ1v) is 16.9. The minimum absolute atomic E-state index is 0. The number of nitrogens with zero attached hydrogens (tertiary/aromatic N) is 2. The molecule has 268 valence electrons. The Balaban J connectivity index is 0.00000225. The Hall–Kier alpha value is -2.56. The van der Waals surface area contributed by atoms with Crippen molar-refractivity contribution < 1.29 is 63.9 Å². The summed E-state index contributed by atoms with van der Waals surface area (Å²) in [5.74, 6) is 1.31. The summed E-state index contributed by atoms with van der Waals surface area (Å²) in [6.45, 7) is 22.0. The monoisotopic (exact) mass is 890 g/mol. The van der Waals surface area contributed by atoms with Gasteiger partial charge in [-0.1, -0.05) is 161 Å². The first kappa shape index (κ1) is 41.9. The van der Waals surface area contributed by atoms with E-state index in [9.17, 15) is 0 Å². The van der Waals surface area contributed by atoms with E-state index < -0.39 is 11.2 Å². The molecule has 6 rings (SSSR count). The summed E-state index contributed by atoms with van der Waals surface area (Å²) in [7, 11) is 0. The predicted molar refractivity (Wildman–Crippen MR) is 194 cm³/mol. The summed E-state index contributed by atoms with van der Waals surface area (Å²) in [6.07, 6.45) is 0.373. The van der Waals surface area contributed by atoms with Crippen molar-refractivity contribution in [3.63, 3.8) is 0 Å². The zero-order chi connectivity index (χ0) is 33.8. The third-order valence-electron chi connectivity index (χ3n) is 9.74. The molecule has 0 aromatic heterocycles. The van der Waals surface area contributed by atoms with E-state index in [2.05, 4.69) is 166 Å². The molecule has 0 saturated heterocycles. The van der Waals surface area contributed by atoms with Gasteiger partial charge in [-0.3, -0.25) is 0 Å². The molecule has 2 aliphatic rings. The number of hydrogen-bond donors (Lipinski definition) is 0. The first-order chi connectivity index (χ1) is 22.1. The normalized spacial score (nSPS) is 19.1. The van der Waals surface area contributed by atoms with Crippen LogP contribution in [0.2, 0.25) is 0 Å². The second-order valence-electron chi connectivity index (χ2n) is 15.9. The van der Waals surface area contributed by atoms with Crippen molar-refractivity contribution in [1.82, 2.24) is 0 Å². The standard InChI is InChI=1S/C43H50N2O2.2BrH.Pd/c1-28-11-19-32(20-12-28)42(33-21-13-29(2)14-22-33)38(40(5,6)7)44-36(46-42)27-37-45-39(41(8,9)10)43(47-37,34-23-15-30(3)16-24-34)35-25-17-31(4)18-26-35;;;/h11-26,38-39H,27H2,1-10H3;2*1H;/q;;;+2/p-2/t38-,39-;;;/m1.../s1. The summed E-state index contributed by atoms with van der Waals surface area (Å²) < 4.78 is 14.4. The zero-order valence-corrected chi connectivity index (χ0v) is 35.6. The van der Waals surface area contributed by atoms with Crippen molar-refractivity contribution in [2.75, 3.05) is 0 Å². The molecule has 0 aliphatic carbocycles. The number of halogens is 2. The molecule has 0 fully saturated rings. The van der Waals surface area contributed by atoms with Crippen molar-refractivity contribution >= 4 is 11.8 Å². The summed E-state index contributed by atoms with van der Waals surface area (Å²) in [5.41, 5.74) is 7.27. The van der Waals surface area contributed by atoms with Crippen molar-refractivity contribution in [1.29, 1.82) is 0 Å². The Morgan fingerprint density at radius 3 is 0.880 bits per heavy atom. The van der Waals surface area contributed by atoms with Crippen LogP contribution in [0.3, 0.4) is 0 Å². The van der Waals surface area contributed by atoms with Crippen LogP contribution in [-0.2, 0) is 41.1 Å². The van der Waals surface area contributed by atoms with E-state index in [0.29, 0.717) is 18.2 Å². The van der Waals surface area contributed by atoms with Crippen LogP contribution in [-0.4, -0.2) is 23.9 Å². The fourth-order valence-corrected chi connectivity index (χ4v) is 7.31. The fraction of sp³-hybridized carbons (Fsp3) is 0.395. The maximum absolute atomic E-state index is 7.22. The van der Waals surface area contributed by atoms with Crippen LogP contribution in [0.4, 0.5) is 0 Å². The molecule has 4 nitrogen and oxygen atoms in total. The fourth-order valence-electron chi connectivity index (χ4n) is 7.31. The van der Waals surface area contributed by atoms with Crippen LogP contribution in [0.5, 0.6) is 0 Å². The molecule has 0 unspecified atom stereocenters. The van der Waals surface area contributed by atoms with Crippen LogP contribution in [0.25, 0.3) is 0 Å². The van der Waals surface area contributed by atoms with E-state index in [0.717, 1.165) is 22.3 Å². The maximum atomic E-state index is 7.22. The molecule has 7 heteroatoms. The minimum atomic E-state index is -0.789. The molecule has 2 heterocycles. The number of benzene rings is 4. The average Bonchev–Trinajstić information content (AvgIpc) is 3.60. The summed E-state index contributed by atoms with van der Waals surface area (Å²) in [6, 6.07) is 34.6. The van der Waals surface area contributed by atoms with Gasteiger partial charge < -0.3 is 43.4 Å². The maximum Gasteiger partial charge on any atom is 2.00 e. The van der Waals surface area contributed by atoms with Gasteiger partial charge in [0, 0.05) is 22.3 Å². The number of aliphatic imine (C=N–C) groups is 2. The van der Waals surface area contributed by atoms with Gasteiger partial charge in [0.2, 0.25) is 0 Å². The molecule has 0 radical (unpaired) electrons. The Morgan fingerprint density at radius 1 is 0.460 bits per heavy atom. The molecule has 2 aliphatic heterocycles. The van der Waals surface area contributed by atoms with Crippen molar-refractivity contribution in [3.05, 3.63) is 142 Å². The Morgan fingerprint density at radius 2 is 0.680 bits per heavy atom. The summed E-state index contributed by atoms with van der Waals surface area (Å²) >= 11 is 0. The van der Waals surface area contributed by atoms with E-state index in [1.165, 1.54) is 22.3 Å². The smallest absolute Gasteiger partial charge is 1.00 e. The van der Waals surface area contributed by atoms with Crippen LogP contribution < -0.4 is 34.0 Å². The molecule has 0 spiro atoms. The molecule has 4 aromatic carbocycles. The first-order valence-electron chi connectivity index (χ1n) is 16.9. The Labute approximate surface area is 334 Å². The number of rotatable bonds is 6. The summed E-state index contributed by atoms with van der Waals surface area (Å²) in [4.78, 5) is 10.8. The van der Waals surface area contributed by atoms with Gasteiger partial charge in [0.15, 0.2) is 23.0 Å². The van der Waals surface area contributed by atoms with Gasteiger partial charge >= 0.3 is 20.4 Å². The third kappa shape index (κ3) is 7.78. The average molecular weight is 893 g/mol. The van der Waals surface area contributed by atoms with Crippen molar-refractivity contribution in [3.8, 4) is 0 Å². The van der Waals surface area contributed by atoms with Crippen LogP contribution in [0.15, 0.2) is 107 Å². The van der Waals surface area contributed by atoms with Crippen LogP contribution >= 0.6 is 0 Å². The third-order valence-corrected chi connectivity index (χ3v) is 9.74. The van der Waals surface area contributed by atoms with Gasteiger partial charge in [0.1, 0.15) is 12.1 Å². The SMILES string of the molecule is Cc1ccc(C2(c3ccc(C)cc3)OC(CC3=N[C@H](C(C)(C)C)C(c4ccc(C)cc4)(c4ccc(C)cc4)O3)=N[C@@H]2C(C)(C)C)cc1.[Br-].[Br-].[Pd+2]. The summed E-state index contributed by atoms with van der Waals surface area (Å²) in [5, 5.41) is 0. The van der Waals surface area contributed by atoms with Gasteiger partial charge in [0.25, 0.3) is 0 Å². The number of aryl methyl sites for hydroxylation is 4. The predicted octanol–water partition coefficient (Wildman–Crippen LogP) is 4.19. The topological polar surface area (TPSA) is 43.2 Å². The minimum Gasteiger partial charge on any atom is -1.00 e. The van der Waals surface area contributed by atoms with Gasteiger partial charge in [-0.15, -0.1) is 0 Å². The van der Waals surface area contributed by atoms with Crippen molar-refractivity contribution in [2.45, 2.75) is 98.9 Å². The molecular formula is C43H50Br2N2O2Pd. The molecule has 50 heavy (non-hydrogen) atoms. The van der Waals surface area contributed by atoms with E-state index in [1.54, 1.807) is 0 Å². The van der Waals surface area contributed by atoms with Crippen LogP contribution in [0.1, 0.15) is 92.5 Å². The Bertz CT molecular complexity index is 1580. The van der Waals surface area contributed by atoms with Gasteiger partial charge in [-0.05, 0) is 38.5 Å². The van der Waals surface area contributed by atoms with Crippen LogP contribution in [0, 0.1) is 38.5 Å². The molecule has 4 aromatic rings. The molecule has 2 atom stereocenters. The largest absolute Gasteiger partial charge is 2.00 e. The van der Waals surface area contributed by atoms with Crippen molar-refractivity contribution in [2.24, 2.45) is 20.8 Å². The molecule has 0 N–H and O–H groups in total. The second kappa shape index (κ2) is 15.6. The molecule has 0 amide bonds. The van der Waals surface area contributed by atoms with E-state index >= 15 is 0 Å². The number of ether oxygens (including phenoxy) is 2. The van der Waals surface area contributed by atoms with Gasteiger partial charge in [-0.25, -0.2) is 9.98 Å². The van der Waals surface area contributed by atoms with Gasteiger partial charge in [-0.2, -0.15) is 0 Å². The molecular weight excluding hydrogens is 843 g/mol. The Kier molecular flexibility index (Phi) is 13.0. The van der Waals surface area contributed by atoms with E-state index in [-0.39, 0.29) is 77.3 Å². The molecule has 0 saturated carbocycles. The van der Waals surface area contributed by atoms with Gasteiger partial charge in [0.05, 0.1) is 6.42 Å². The zero-order valence-electron chi connectivity index (χ0n) is 30.9. The van der Waals surface area contributed by atoms with E-state index in [4.69, 9.17) is 19.5 Å². The van der Waals surface area contributed by atoms with E-state index in [1.807, 2.05) is 0 Å². The molecule has 0 bridgehead atoms. The number of hydrogen-bond acceptors (Lipinski definition) is 4. The quantitative estimate of drug-likeness (QED) is 0.273.